The third kappa shape index (κ3) is 3.56. The molecule has 0 unspecified atom stereocenters. The van der Waals surface area contributed by atoms with Crippen molar-refractivity contribution in [2.24, 2.45) is 28.6 Å². The minimum Gasteiger partial charge on any atom is -0.462 e. The van der Waals surface area contributed by atoms with E-state index in [4.69, 9.17) is 8.92 Å². The van der Waals surface area contributed by atoms with Crippen molar-refractivity contribution in [3.63, 3.8) is 0 Å². The number of halogens is 2. The van der Waals surface area contributed by atoms with E-state index in [1.165, 1.54) is 13.0 Å². The van der Waals surface area contributed by atoms with Gasteiger partial charge >= 0.3 is 5.97 Å². The third-order valence-electron chi connectivity index (χ3n) is 8.39. The second-order valence-corrected chi connectivity index (χ2v) is 11.9. The Morgan fingerprint density at radius 2 is 1.90 bits per heavy atom. The molecule has 3 fully saturated rings. The van der Waals surface area contributed by atoms with Crippen LogP contribution < -0.4 is 0 Å². The molecule has 0 aliphatic heterocycles. The van der Waals surface area contributed by atoms with Gasteiger partial charge in [-0.3, -0.25) is 13.8 Å². The van der Waals surface area contributed by atoms with Gasteiger partial charge in [-0.05, 0) is 54.6 Å². The standard InChI is InChI=1S/C22H30F2O6S/c1-11(25)29-16-6-5-13-17-18(15(23)10-22(13,16)3)21(2)8-7-12(26)9-14(21)19(24)20(17)30-31(4,27)28/h9,13,15-20H,5-8,10H2,1-4H3/t13-,15-,16-,17-,18-,19-,20-,21-,22-/m0/s1. The Kier molecular flexibility index (Phi) is 5.40. The first-order chi connectivity index (χ1) is 14.3. The van der Waals surface area contributed by atoms with Gasteiger partial charge in [0.25, 0.3) is 10.1 Å². The molecule has 31 heavy (non-hydrogen) atoms. The van der Waals surface area contributed by atoms with Crippen LogP contribution in [0.3, 0.4) is 0 Å². The van der Waals surface area contributed by atoms with Crippen molar-refractivity contribution >= 4 is 21.9 Å². The van der Waals surface area contributed by atoms with Crippen LogP contribution in [0.1, 0.15) is 52.9 Å². The number of carbonyl (C=O) groups is 2. The van der Waals surface area contributed by atoms with E-state index in [0.29, 0.717) is 19.3 Å². The summed E-state index contributed by atoms with van der Waals surface area (Å²) in [6.45, 7) is 4.95. The monoisotopic (exact) mass is 460 g/mol. The highest BCUT2D eigenvalue weighted by Gasteiger charge is 2.68. The van der Waals surface area contributed by atoms with Gasteiger partial charge in [0.15, 0.2) is 5.78 Å². The minimum atomic E-state index is -4.04. The lowest BCUT2D eigenvalue weighted by molar-refractivity contribution is -0.176. The number of hydrogen-bond donors (Lipinski definition) is 0. The summed E-state index contributed by atoms with van der Waals surface area (Å²) in [5, 5.41) is 0. The Bertz CT molecular complexity index is 932. The fourth-order valence-electron chi connectivity index (χ4n) is 7.21. The van der Waals surface area contributed by atoms with Crippen molar-refractivity contribution in [1.82, 2.24) is 0 Å². The van der Waals surface area contributed by atoms with Crippen molar-refractivity contribution in [2.45, 2.75) is 77.4 Å². The van der Waals surface area contributed by atoms with Crippen LogP contribution in [0.15, 0.2) is 11.6 Å². The summed E-state index contributed by atoms with van der Waals surface area (Å²) >= 11 is 0. The maximum Gasteiger partial charge on any atom is 0.302 e. The van der Waals surface area contributed by atoms with Crippen LogP contribution in [0, 0.1) is 28.6 Å². The predicted octanol–water partition coefficient (Wildman–Crippen LogP) is 3.30. The molecule has 4 aliphatic carbocycles. The molecule has 0 radical (unpaired) electrons. The van der Waals surface area contributed by atoms with Gasteiger partial charge in [0, 0.05) is 24.7 Å². The van der Waals surface area contributed by atoms with E-state index in [1.54, 1.807) is 6.92 Å². The van der Waals surface area contributed by atoms with Gasteiger partial charge < -0.3 is 4.74 Å². The van der Waals surface area contributed by atoms with Gasteiger partial charge in [0.1, 0.15) is 24.6 Å². The van der Waals surface area contributed by atoms with E-state index in [2.05, 4.69) is 0 Å². The Hall–Kier alpha value is -1.35. The lowest BCUT2D eigenvalue weighted by Gasteiger charge is -2.61. The molecule has 0 bridgehead atoms. The van der Waals surface area contributed by atoms with E-state index in [-0.39, 0.29) is 30.1 Å². The average molecular weight is 461 g/mol. The number of rotatable bonds is 3. The van der Waals surface area contributed by atoms with Crippen molar-refractivity contribution in [3.8, 4) is 0 Å². The molecule has 6 nitrogen and oxygen atoms in total. The maximum atomic E-state index is 16.0. The van der Waals surface area contributed by atoms with Crippen molar-refractivity contribution < 1.29 is 35.7 Å². The minimum absolute atomic E-state index is 0.135. The molecule has 0 heterocycles. The largest absolute Gasteiger partial charge is 0.462 e. The van der Waals surface area contributed by atoms with Gasteiger partial charge in [0.05, 0.1) is 6.26 Å². The van der Waals surface area contributed by atoms with Gasteiger partial charge in [-0.1, -0.05) is 13.8 Å². The quantitative estimate of drug-likeness (QED) is 0.475. The zero-order valence-electron chi connectivity index (χ0n) is 18.3. The molecule has 9 heteroatoms. The van der Waals surface area contributed by atoms with Crippen LogP contribution in [-0.2, 0) is 28.6 Å². The molecule has 9 atom stereocenters. The Labute approximate surface area is 181 Å². The van der Waals surface area contributed by atoms with Gasteiger partial charge in [-0.25, -0.2) is 8.78 Å². The lowest BCUT2D eigenvalue weighted by Crippen LogP contribution is -2.64. The number of ether oxygens (including phenoxy) is 1. The highest BCUT2D eigenvalue weighted by molar-refractivity contribution is 7.86. The molecule has 0 aromatic heterocycles. The summed E-state index contributed by atoms with van der Waals surface area (Å²) in [6.07, 6.45) is -1.29. The van der Waals surface area contributed by atoms with Crippen LogP contribution >= 0.6 is 0 Å². The molecular formula is C22H30F2O6S. The highest BCUT2D eigenvalue weighted by atomic mass is 32.2. The lowest BCUT2D eigenvalue weighted by atomic mass is 9.45. The topological polar surface area (TPSA) is 86.7 Å². The van der Waals surface area contributed by atoms with Gasteiger partial charge in [-0.2, -0.15) is 8.42 Å². The van der Waals surface area contributed by atoms with Crippen LogP contribution in [0.4, 0.5) is 8.78 Å². The zero-order chi connectivity index (χ0) is 22.9. The number of fused-ring (bicyclic) bond motifs is 5. The second kappa shape index (κ2) is 7.33. The average Bonchev–Trinajstić information content (AvgIpc) is 2.94. The van der Waals surface area contributed by atoms with Crippen molar-refractivity contribution in [3.05, 3.63) is 11.6 Å². The molecule has 0 N–H and O–H groups in total. The molecule has 0 aromatic carbocycles. The summed E-state index contributed by atoms with van der Waals surface area (Å²) in [6, 6.07) is 0. The smallest absolute Gasteiger partial charge is 0.302 e. The second-order valence-electron chi connectivity index (χ2n) is 10.3. The summed E-state index contributed by atoms with van der Waals surface area (Å²) in [7, 11) is -4.04. The first-order valence-electron chi connectivity index (χ1n) is 10.9. The van der Waals surface area contributed by atoms with Crippen LogP contribution in [0.5, 0.6) is 0 Å². The fraction of sp³-hybridized carbons (Fsp3) is 0.818. The number of hydrogen-bond acceptors (Lipinski definition) is 6. The molecule has 174 valence electrons. The molecule has 3 saturated carbocycles. The first kappa shape index (κ1) is 22.8. The first-order valence-corrected chi connectivity index (χ1v) is 12.7. The normalized spacial score (nSPS) is 47.1. The Morgan fingerprint density at radius 1 is 1.23 bits per heavy atom. The SMILES string of the molecule is CC(=O)O[C@H]1CC[C@H]2[C@@H]3[C@H](OS(C)(=O)=O)[C@@H](F)C4=CC(=O)CC[C@]4(C)[C@H]3[C@@H](F)C[C@]12C. The molecule has 0 spiro atoms. The molecule has 0 amide bonds. The van der Waals surface area contributed by atoms with Gasteiger partial charge in [0.2, 0.25) is 0 Å². The van der Waals surface area contributed by atoms with E-state index in [0.717, 1.165) is 6.26 Å². The van der Waals surface area contributed by atoms with Crippen LogP contribution in [0.25, 0.3) is 0 Å². The number of esters is 1. The summed E-state index contributed by atoms with van der Waals surface area (Å²) in [4.78, 5) is 23.7. The van der Waals surface area contributed by atoms with Gasteiger partial charge in [-0.15, -0.1) is 0 Å². The molecule has 4 aliphatic rings. The highest BCUT2D eigenvalue weighted by Crippen LogP contribution is 2.67. The van der Waals surface area contributed by atoms with Crippen LogP contribution in [-0.4, -0.2) is 51.0 Å². The Morgan fingerprint density at radius 3 is 2.52 bits per heavy atom. The summed E-state index contributed by atoms with van der Waals surface area (Å²) < 4.78 is 66.8. The number of alkyl halides is 2. The molecular weight excluding hydrogens is 430 g/mol. The number of carbonyl (C=O) groups excluding carboxylic acids is 2. The summed E-state index contributed by atoms with van der Waals surface area (Å²) in [5.41, 5.74) is -1.48. The van der Waals surface area contributed by atoms with E-state index < -0.39 is 63.3 Å². The van der Waals surface area contributed by atoms with E-state index in [9.17, 15) is 18.0 Å². The fourth-order valence-corrected chi connectivity index (χ4v) is 7.84. The van der Waals surface area contributed by atoms with Crippen molar-refractivity contribution in [2.75, 3.05) is 6.26 Å². The predicted molar refractivity (Wildman–Crippen MR) is 108 cm³/mol. The third-order valence-corrected chi connectivity index (χ3v) is 8.96. The Balaban J connectivity index is 1.84. The zero-order valence-corrected chi connectivity index (χ0v) is 19.1. The molecule has 4 rings (SSSR count). The van der Waals surface area contributed by atoms with Crippen molar-refractivity contribution in [1.29, 1.82) is 0 Å². The van der Waals surface area contributed by atoms with E-state index >= 15 is 8.78 Å². The number of ketones is 1. The van der Waals surface area contributed by atoms with Crippen LogP contribution in [0.2, 0.25) is 0 Å². The van der Waals surface area contributed by atoms with E-state index in [1.807, 2.05) is 6.92 Å². The summed E-state index contributed by atoms with van der Waals surface area (Å²) in [5.74, 6) is -2.36. The molecule has 0 aromatic rings. The maximum absolute atomic E-state index is 16.0. The molecule has 0 saturated heterocycles.